The monoisotopic (exact) mass is 450 g/mol. The Morgan fingerprint density at radius 3 is 2.44 bits per heavy atom. The predicted molar refractivity (Wildman–Crippen MR) is 109 cm³/mol. The number of amides is 1. The highest BCUT2D eigenvalue weighted by Crippen LogP contribution is 2.34. The van der Waals surface area contributed by atoms with Crippen LogP contribution in [0.3, 0.4) is 0 Å². The van der Waals surface area contributed by atoms with Crippen LogP contribution in [0.2, 0.25) is 0 Å². The van der Waals surface area contributed by atoms with E-state index in [4.69, 9.17) is 0 Å². The molecule has 0 spiro atoms. The highest BCUT2D eigenvalue weighted by Gasteiger charge is 2.33. The fourth-order valence-electron chi connectivity index (χ4n) is 3.16. The van der Waals surface area contributed by atoms with Crippen molar-refractivity contribution < 1.29 is 22.9 Å². The van der Waals surface area contributed by atoms with Crippen LogP contribution in [0.1, 0.15) is 41.6 Å². The largest absolute Gasteiger partial charge is 0.405 e. The second-order valence-electron chi connectivity index (χ2n) is 7.93. The molecule has 1 amide bonds. The van der Waals surface area contributed by atoms with Gasteiger partial charge in [0.1, 0.15) is 12.7 Å². The number of carbonyl (C=O) groups excluding carboxylic acids is 1. The Morgan fingerprint density at radius 1 is 1.19 bits per heavy atom. The molecule has 170 valence electrons. The number of nitrogens with zero attached hydrogens (tertiary/aromatic N) is 4. The number of hydrogen-bond acceptors (Lipinski definition) is 7. The van der Waals surface area contributed by atoms with Crippen LogP contribution in [-0.2, 0) is 6.54 Å². The molecule has 2 aliphatic rings. The molecule has 4 rings (SSSR count). The molecule has 0 unspecified atom stereocenters. The quantitative estimate of drug-likeness (QED) is 0.445. The van der Waals surface area contributed by atoms with Gasteiger partial charge in [-0.25, -0.2) is 4.98 Å². The molecular formula is C20H21F3N6O3. The highest BCUT2D eigenvalue weighted by molar-refractivity contribution is 5.94. The van der Waals surface area contributed by atoms with E-state index >= 15 is 0 Å². The first-order chi connectivity index (χ1) is 15.2. The lowest BCUT2D eigenvalue weighted by Gasteiger charge is -2.23. The molecule has 0 aliphatic heterocycles. The lowest BCUT2D eigenvalue weighted by atomic mass is 10.1. The van der Waals surface area contributed by atoms with E-state index in [0.717, 1.165) is 31.2 Å². The summed E-state index contributed by atoms with van der Waals surface area (Å²) in [7, 11) is 0. The van der Waals surface area contributed by atoms with Gasteiger partial charge in [-0.2, -0.15) is 18.2 Å². The van der Waals surface area contributed by atoms with Crippen LogP contribution in [0, 0.1) is 10.1 Å². The number of anilines is 2. The number of nitro groups is 1. The summed E-state index contributed by atoms with van der Waals surface area (Å²) in [6.07, 6.45) is 0.472. The summed E-state index contributed by atoms with van der Waals surface area (Å²) in [6, 6.07) is 6.62. The van der Waals surface area contributed by atoms with Crippen LogP contribution in [0.5, 0.6) is 0 Å². The van der Waals surface area contributed by atoms with Gasteiger partial charge < -0.3 is 15.5 Å². The summed E-state index contributed by atoms with van der Waals surface area (Å²) in [6.45, 7) is -0.993. The number of carbonyl (C=O) groups is 1. The smallest absolute Gasteiger partial charge is 0.361 e. The van der Waals surface area contributed by atoms with Crippen LogP contribution < -0.4 is 15.5 Å². The van der Waals surface area contributed by atoms with E-state index in [9.17, 15) is 28.1 Å². The van der Waals surface area contributed by atoms with Crippen LogP contribution in [-0.4, -0.2) is 45.6 Å². The molecule has 32 heavy (non-hydrogen) atoms. The van der Waals surface area contributed by atoms with Gasteiger partial charge in [-0.15, -0.1) is 0 Å². The van der Waals surface area contributed by atoms with Gasteiger partial charge in [0.2, 0.25) is 11.8 Å². The Morgan fingerprint density at radius 2 is 1.88 bits per heavy atom. The average molecular weight is 450 g/mol. The summed E-state index contributed by atoms with van der Waals surface area (Å²) in [5.74, 6) is -0.236. The maximum Gasteiger partial charge on any atom is 0.405 e. The molecule has 1 aromatic heterocycles. The molecule has 1 heterocycles. The Labute approximate surface area is 181 Å². The number of hydrogen-bond donors (Lipinski definition) is 2. The second kappa shape index (κ2) is 8.60. The molecule has 0 radical (unpaired) electrons. The fraction of sp³-hybridized carbons (Fsp3) is 0.450. The van der Waals surface area contributed by atoms with E-state index in [1.807, 2.05) is 10.2 Å². The molecule has 0 bridgehead atoms. The first-order valence-corrected chi connectivity index (χ1v) is 10.2. The molecule has 2 N–H and O–H groups in total. The number of rotatable bonds is 9. The number of halogens is 3. The van der Waals surface area contributed by atoms with Crippen molar-refractivity contribution in [1.82, 2.24) is 15.3 Å². The predicted octanol–water partition coefficient (Wildman–Crippen LogP) is 3.42. The van der Waals surface area contributed by atoms with Crippen molar-refractivity contribution in [3.8, 4) is 0 Å². The van der Waals surface area contributed by atoms with Gasteiger partial charge in [-0.05, 0) is 43.4 Å². The van der Waals surface area contributed by atoms with Gasteiger partial charge >= 0.3 is 11.9 Å². The number of aromatic nitrogens is 2. The molecule has 2 aliphatic carbocycles. The summed E-state index contributed by atoms with van der Waals surface area (Å²) in [5.41, 5.74) is 0.757. The van der Waals surface area contributed by atoms with E-state index in [-0.39, 0.29) is 29.2 Å². The average Bonchev–Trinajstić information content (AvgIpc) is 3.65. The lowest BCUT2D eigenvalue weighted by molar-refractivity contribution is -0.384. The standard InChI is InChI=1S/C20H21F3N6O3/c21-20(22,23)11-25-18(30)13-3-1-12(2-4-13)10-28(15-7-8-15)19-24-9-16(29(31)32)17(27-19)26-14-5-6-14/h1-4,9,14-15H,5-8,10-11H2,(H,25,30)(H,24,26,27). The highest BCUT2D eigenvalue weighted by atomic mass is 19.4. The number of benzene rings is 1. The summed E-state index contributed by atoms with van der Waals surface area (Å²) >= 11 is 0. The van der Waals surface area contributed by atoms with E-state index in [1.165, 1.54) is 18.3 Å². The summed E-state index contributed by atoms with van der Waals surface area (Å²) < 4.78 is 36.8. The fourth-order valence-corrected chi connectivity index (χ4v) is 3.16. The van der Waals surface area contributed by atoms with Crippen LogP contribution in [0.25, 0.3) is 0 Å². The molecule has 2 fully saturated rings. The number of nitrogens with one attached hydrogen (secondary N) is 2. The third kappa shape index (κ3) is 5.62. The SMILES string of the molecule is O=C(NCC(F)(F)F)c1ccc(CN(c2ncc([N+](=O)[O-])c(NC3CC3)n2)C2CC2)cc1. The third-order valence-electron chi connectivity index (χ3n) is 5.13. The molecule has 0 saturated heterocycles. The topological polar surface area (TPSA) is 113 Å². The van der Waals surface area contributed by atoms with E-state index < -0.39 is 23.6 Å². The molecule has 9 nitrogen and oxygen atoms in total. The van der Waals surface area contributed by atoms with Crippen molar-refractivity contribution in [2.75, 3.05) is 16.8 Å². The Hall–Kier alpha value is -3.44. The molecule has 12 heteroatoms. The van der Waals surface area contributed by atoms with Crippen molar-refractivity contribution >= 4 is 23.4 Å². The summed E-state index contributed by atoms with van der Waals surface area (Å²) in [4.78, 5) is 33.2. The first kappa shape index (κ1) is 21.8. The van der Waals surface area contributed by atoms with Gasteiger partial charge in [0.05, 0.1) is 4.92 Å². The van der Waals surface area contributed by atoms with E-state index in [1.54, 1.807) is 12.1 Å². The molecular weight excluding hydrogens is 429 g/mol. The van der Waals surface area contributed by atoms with Crippen molar-refractivity contribution in [3.63, 3.8) is 0 Å². The molecule has 1 aromatic carbocycles. The maximum atomic E-state index is 12.3. The van der Waals surface area contributed by atoms with Gasteiger partial charge in [0, 0.05) is 24.2 Å². The molecule has 2 saturated carbocycles. The first-order valence-electron chi connectivity index (χ1n) is 10.2. The maximum absolute atomic E-state index is 12.3. The Bertz CT molecular complexity index is 1010. The third-order valence-corrected chi connectivity index (χ3v) is 5.13. The lowest BCUT2D eigenvalue weighted by Crippen LogP contribution is -2.33. The van der Waals surface area contributed by atoms with E-state index in [0.29, 0.717) is 12.5 Å². The van der Waals surface area contributed by atoms with E-state index in [2.05, 4.69) is 15.3 Å². The Kier molecular flexibility index (Phi) is 5.85. The van der Waals surface area contributed by atoms with Crippen LogP contribution >= 0.6 is 0 Å². The minimum absolute atomic E-state index is 0.124. The van der Waals surface area contributed by atoms with Gasteiger partial charge in [0.25, 0.3) is 5.91 Å². The van der Waals surface area contributed by atoms with Crippen LogP contribution in [0.15, 0.2) is 30.5 Å². The zero-order valence-electron chi connectivity index (χ0n) is 16.9. The zero-order valence-corrected chi connectivity index (χ0v) is 16.9. The Balaban J connectivity index is 1.48. The molecule has 2 aromatic rings. The molecule has 0 atom stereocenters. The van der Waals surface area contributed by atoms with Crippen molar-refractivity contribution in [3.05, 3.63) is 51.7 Å². The number of alkyl halides is 3. The van der Waals surface area contributed by atoms with Crippen LogP contribution in [0.4, 0.5) is 30.6 Å². The van der Waals surface area contributed by atoms with Gasteiger partial charge in [-0.3, -0.25) is 14.9 Å². The van der Waals surface area contributed by atoms with Gasteiger partial charge in [-0.1, -0.05) is 12.1 Å². The van der Waals surface area contributed by atoms with Gasteiger partial charge in [0.15, 0.2) is 0 Å². The zero-order chi connectivity index (χ0) is 22.9. The van der Waals surface area contributed by atoms with Crippen molar-refractivity contribution in [2.45, 2.75) is 50.5 Å². The summed E-state index contributed by atoms with van der Waals surface area (Å²) in [5, 5.41) is 16.2. The minimum atomic E-state index is -4.47. The second-order valence-corrected chi connectivity index (χ2v) is 7.93. The van der Waals surface area contributed by atoms with Crippen molar-refractivity contribution in [2.24, 2.45) is 0 Å². The minimum Gasteiger partial charge on any atom is -0.361 e. The van der Waals surface area contributed by atoms with Crippen molar-refractivity contribution in [1.29, 1.82) is 0 Å². The normalized spacial score (nSPS) is 15.8.